The molecule has 8 nitrogen and oxygen atoms in total. The largest absolute Gasteiger partial charge is 0.465 e. The summed E-state index contributed by atoms with van der Waals surface area (Å²) in [6.07, 6.45) is 1.37. The van der Waals surface area contributed by atoms with Crippen LogP contribution in [0.2, 0.25) is 0 Å². The van der Waals surface area contributed by atoms with Gasteiger partial charge in [0.05, 0.1) is 17.2 Å². The first-order valence-electron chi connectivity index (χ1n) is 8.53. The van der Waals surface area contributed by atoms with Crippen molar-refractivity contribution in [2.45, 2.75) is 37.6 Å². The fourth-order valence-corrected chi connectivity index (χ4v) is 3.92. The molecule has 0 saturated heterocycles. The number of fused-ring (bicyclic) bond motifs is 1. The van der Waals surface area contributed by atoms with Crippen molar-refractivity contribution in [1.82, 2.24) is 9.78 Å². The van der Waals surface area contributed by atoms with Crippen molar-refractivity contribution < 1.29 is 22.7 Å². The zero-order valence-electron chi connectivity index (χ0n) is 15.4. The van der Waals surface area contributed by atoms with Crippen LogP contribution in [0.3, 0.4) is 0 Å². The molecule has 0 unspecified atom stereocenters. The molecule has 1 atom stereocenters. The summed E-state index contributed by atoms with van der Waals surface area (Å²) in [5, 5.41) is 7.18. The number of hydrogen-bond donors (Lipinski definition) is 1. The molecule has 9 heteroatoms. The Kier molecular flexibility index (Phi) is 5.05. The molecule has 1 aliphatic rings. The minimum atomic E-state index is -3.29. The fraction of sp³-hybridized carbons (Fsp3) is 0.389. The number of ether oxygens (including phenoxy) is 1. The molecule has 1 aromatic heterocycles. The summed E-state index contributed by atoms with van der Waals surface area (Å²) in [6, 6.07) is 6.50. The Morgan fingerprint density at radius 3 is 2.59 bits per heavy atom. The van der Waals surface area contributed by atoms with Gasteiger partial charge in [-0.15, -0.1) is 0 Å². The van der Waals surface area contributed by atoms with Crippen LogP contribution in [0.5, 0.6) is 0 Å². The van der Waals surface area contributed by atoms with Gasteiger partial charge < -0.3 is 10.1 Å². The number of esters is 1. The van der Waals surface area contributed by atoms with Gasteiger partial charge in [-0.1, -0.05) is 12.1 Å². The molecule has 0 fully saturated rings. The number of sulfone groups is 1. The van der Waals surface area contributed by atoms with Crippen molar-refractivity contribution in [1.29, 1.82) is 0 Å². The normalized spacial score (nSPS) is 16.6. The molecule has 2 heterocycles. The van der Waals surface area contributed by atoms with Gasteiger partial charge in [0, 0.05) is 24.2 Å². The van der Waals surface area contributed by atoms with Gasteiger partial charge in [0.25, 0.3) is 0 Å². The van der Waals surface area contributed by atoms with Gasteiger partial charge in [-0.25, -0.2) is 13.1 Å². The zero-order chi connectivity index (χ0) is 19.8. The predicted molar refractivity (Wildman–Crippen MR) is 98.2 cm³/mol. The molecular weight excluding hydrogens is 370 g/mol. The number of benzene rings is 1. The van der Waals surface area contributed by atoms with E-state index in [-0.39, 0.29) is 36.3 Å². The Bertz CT molecular complexity index is 993. The van der Waals surface area contributed by atoms with Crippen molar-refractivity contribution in [2.24, 2.45) is 0 Å². The van der Waals surface area contributed by atoms with E-state index in [1.807, 2.05) is 6.92 Å². The Labute approximate surface area is 157 Å². The van der Waals surface area contributed by atoms with Crippen LogP contribution in [-0.4, -0.2) is 42.9 Å². The summed E-state index contributed by atoms with van der Waals surface area (Å²) in [6.45, 7) is 3.71. The van der Waals surface area contributed by atoms with Crippen molar-refractivity contribution in [3.05, 3.63) is 41.1 Å². The molecule has 27 heavy (non-hydrogen) atoms. The average molecular weight is 391 g/mol. The highest BCUT2D eigenvalue weighted by molar-refractivity contribution is 7.90. The molecular formula is C18H21N3O5S. The lowest BCUT2D eigenvalue weighted by atomic mass is 9.86. The highest BCUT2D eigenvalue weighted by Crippen LogP contribution is 2.39. The molecule has 1 aliphatic heterocycles. The van der Waals surface area contributed by atoms with Gasteiger partial charge in [0.1, 0.15) is 12.4 Å². The fourth-order valence-electron chi connectivity index (χ4n) is 3.29. The molecule has 0 spiro atoms. The summed E-state index contributed by atoms with van der Waals surface area (Å²) >= 11 is 0. The number of amides is 1. The van der Waals surface area contributed by atoms with E-state index < -0.39 is 15.8 Å². The Hall–Kier alpha value is -2.68. The summed E-state index contributed by atoms with van der Waals surface area (Å²) in [5.41, 5.74) is 2.34. The number of rotatable bonds is 5. The number of aromatic nitrogens is 2. The van der Waals surface area contributed by atoms with Crippen LogP contribution in [-0.2, 0) is 30.7 Å². The van der Waals surface area contributed by atoms with E-state index >= 15 is 0 Å². The Morgan fingerprint density at radius 2 is 2.00 bits per heavy atom. The van der Waals surface area contributed by atoms with Crippen molar-refractivity contribution in [3.8, 4) is 0 Å². The molecule has 3 rings (SSSR count). The second-order valence-corrected chi connectivity index (χ2v) is 8.47. The van der Waals surface area contributed by atoms with E-state index in [2.05, 4.69) is 10.4 Å². The van der Waals surface area contributed by atoms with E-state index in [4.69, 9.17) is 4.74 Å². The van der Waals surface area contributed by atoms with Gasteiger partial charge in [0.2, 0.25) is 5.91 Å². The van der Waals surface area contributed by atoms with E-state index in [0.717, 1.165) is 17.4 Å². The number of hydrogen-bond acceptors (Lipinski definition) is 6. The number of anilines is 1. The SMILES string of the molecule is CCOC(=O)Cn1nc(C)c2c1NC(=O)C[C@H]2c1ccc(S(C)(=O)=O)cc1. The van der Waals surface area contributed by atoms with E-state index in [1.54, 1.807) is 19.1 Å². The second kappa shape index (κ2) is 7.15. The Morgan fingerprint density at radius 1 is 1.33 bits per heavy atom. The van der Waals surface area contributed by atoms with Crippen molar-refractivity contribution >= 4 is 27.5 Å². The standard InChI is InChI=1S/C18H21N3O5S/c1-4-26-16(23)10-21-18-17(11(2)20-21)14(9-15(22)19-18)12-5-7-13(8-6-12)27(3,24)25/h5-8,14H,4,9-10H2,1-3H3,(H,19,22)/t14-/m0/s1. The maximum Gasteiger partial charge on any atom is 0.327 e. The van der Waals surface area contributed by atoms with Crippen molar-refractivity contribution in [3.63, 3.8) is 0 Å². The van der Waals surface area contributed by atoms with Gasteiger partial charge in [0.15, 0.2) is 9.84 Å². The number of nitrogens with zero attached hydrogens (tertiary/aromatic N) is 2. The quantitative estimate of drug-likeness (QED) is 0.777. The van der Waals surface area contributed by atoms with Crippen LogP contribution in [0.1, 0.15) is 36.1 Å². The van der Waals surface area contributed by atoms with Crippen LogP contribution < -0.4 is 5.32 Å². The molecule has 0 bridgehead atoms. The number of nitrogens with one attached hydrogen (secondary N) is 1. The first-order chi connectivity index (χ1) is 12.7. The first-order valence-corrected chi connectivity index (χ1v) is 10.4. The smallest absolute Gasteiger partial charge is 0.327 e. The summed E-state index contributed by atoms with van der Waals surface area (Å²) in [5.74, 6) is -0.409. The third-order valence-corrected chi connectivity index (χ3v) is 5.59. The van der Waals surface area contributed by atoms with Crippen LogP contribution in [0, 0.1) is 6.92 Å². The molecule has 1 amide bonds. The lowest BCUT2D eigenvalue weighted by Crippen LogP contribution is -2.26. The second-order valence-electron chi connectivity index (χ2n) is 6.46. The minimum Gasteiger partial charge on any atom is -0.465 e. The van der Waals surface area contributed by atoms with Gasteiger partial charge >= 0.3 is 5.97 Å². The maximum atomic E-state index is 12.2. The highest BCUT2D eigenvalue weighted by Gasteiger charge is 2.32. The van der Waals surface area contributed by atoms with E-state index in [0.29, 0.717) is 11.5 Å². The Balaban J connectivity index is 2.00. The van der Waals surface area contributed by atoms with Crippen LogP contribution in [0.4, 0.5) is 5.82 Å². The highest BCUT2D eigenvalue weighted by atomic mass is 32.2. The van der Waals surface area contributed by atoms with Gasteiger partial charge in [-0.2, -0.15) is 5.10 Å². The van der Waals surface area contributed by atoms with Crippen LogP contribution in [0.15, 0.2) is 29.2 Å². The number of carbonyl (C=O) groups is 2. The summed E-state index contributed by atoms with van der Waals surface area (Å²) in [4.78, 5) is 24.3. The molecule has 1 aromatic carbocycles. The third kappa shape index (κ3) is 3.87. The zero-order valence-corrected chi connectivity index (χ0v) is 16.2. The molecule has 0 radical (unpaired) electrons. The lowest BCUT2D eigenvalue weighted by molar-refractivity contribution is -0.144. The van der Waals surface area contributed by atoms with E-state index in [9.17, 15) is 18.0 Å². The monoisotopic (exact) mass is 391 g/mol. The molecule has 0 saturated carbocycles. The average Bonchev–Trinajstić information content (AvgIpc) is 2.89. The lowest BCUT2D eigenvalue weighted by Gasteiger charge is -2.24. The number of aryl methyl sites for hydroxylation is 1. The minimum absolute atomic E-state index is 0.0932. The summed E-state index contributed by atoms with van der Waals surface area (Å²) in [7, 11) is -3.29. The molecule has 1 N–H and O–H groups in total. The maximum absolute atomic E-state index is 12.2. The molecule has 2 aromatic rings. The van der Waals surface area contributed by atoms with Gasteiger partial charge in [-0.3, -0.25) is 9.59 Å². The third-order valence-electron chi connectivity index (χ3n) is 4.46. The topological polar surface area (TPSA) is 107 Å². The van der Waals surface area contributed by atoms with Crippen LogP contribution >= 0.6 is 0 Å². The summed E-state index contributed by atoms with van der Waals surface area (Å²) < 4.78 is 29.7. The molecule has 144 valence electrons. The number of carbonyl (C=O) groups excluding carboxylic acids is 2. The first kappa shape index (κ1) is 19.1. The molecule has 0 aliphatic carbocycles. The van der Waals surface area contributed by atoms with Crippen LogP contribution in [0.25, 0.3) is 0 Å². The van der Waals surface area contributed by atoms with E-state index in [1.165, 1.54) is 16.8 Å². The van der Waals surface area contributed by atoms with Crippen molar-refractivity contribution in [2.75, 3.05) is 18.2 Å². The van der Waals surface area contributed by atoms with Gasteiger partial charge in [-0.05, 0) is 31.5 Å². The predicted octanol–water partition coefficient (Wildman–Crippen LogP) is 1.63.